The molecule has 2 rings (SSSR count). The maximum absolute atomic E-state index is 13.6. The third-order valence-electron chi connectivity index (χ3n) is 2.10. The Labute approximate surface area is 101 Å². The molecule has 90 valence electrons. The maximum atomic E-state index is 13.6. The summed E-state index contributed by atoms with van der Waals surface area (Å²) in [5, 5.41) is 8.70. The SMILES string of the molecule is Cc1cccc(OCc2nnc(NN)s2)c1F. The number of ether oxygens (including phenoxy) is 1. The molecule has 0 unspecified atom stereocenters. The molecule has 5 nitrogen and oxygen atoms in total. The quantitative estimate of drug-likeness (QED) is 0.643. The number of aryl methyl sites for hydroxylation is 1. The summed E-state index contributed by atoms with van der Waals surface area (Å²) in [5.41, 5.74) is 2.93. The minimum Gasteiger partial charge on any atom is -0.483 e. The number of nitrogens with two attached hydrogens (primary N) is 1. The van der Waals surface area contributed by atoms with Crippen LogP contribution in [0, 0.1) is 12.7 Å². The largest absolute Gasteiger partial charge is 0.483 e. The second-order valence-electron chi connectivity index (χ2n) is 3.32. The first-order valence-electron chi connectivity index (χ1n) is 4.87. The van der Waals surface area contributed by atoms with E-state index >= 15 is 0 Å². The van der Waals surface area contributed by atoms with Crippen molar-refractivity contribution in [2.24, 2.45) is 5.84 Å². The van der Waals surface area contributed by atoms with Gasteiger partial charge in [-0.3, -0.25) is 5.43 Å². The molecule has 1 aromatic carbocycles. The molecule has 0 saturated heterocycles. The Morgan fingerprint density at radius 2 is 2.29 bits per heavy atom. The summed E-state index contributed by atoms with van der Waals surface area (Å²) in [6.07, 6.45) is 0. The van der Waals surface area contributed by atoms with Crippen LogP contribution < -0.4 is 16.0 Å². The fraction of sp³-hybridized carbons (Fsp3) is 0.200. The van der Waals surface area contributed by atoms with Gasteiger partial charge in [0.1, 0.15) is 6.61 Å². The maximum Gasteiger partial charge on any atom is 0.219 e. The summed E-state index contributed by atoms with van der Waals surface area (Å²) >= 11 is 1.26. The highest BCUT2D eigenvalue weighted by Crippen LogP contribution is 2.22. The van der Waals surface area contributed by atoms with Crippen molar-refractivity contribution >= 4 is 16.5 Å². The molecule has 0 radical (unpaired) electrons. The minimum atomic E-state index is -0.353. The highest BCUT2D eigenvalue weighted by molar-refractivity contribution is 7.15. The minimum absolute atomic E-state index is 0.166. The van der Waals surface area contributed by atoms with Gasteiger partial charge in [0.15, 0.2) is 16.6 Å². The molecule has 17 heavy (non-hydrogen) atoms. The lowest BCUT2D eigenvalue weighted by Gasteiger charge is -2.06. The third kappa shape index (κ3) is 2.69. The van der Waals surface area contributed by atoms with Gasteiger partial charge in [-0.2, -0.15) is 0 Å². The molecule has 2 aromatic rings. The van der Waals surface area contributed by atoms with Crippen LogP contribution in [0.1, 0.15) is 10.6 Å². The first kappa shape index (κ1) is 11.7. The van der Waals surface area contributed by atoms with E-state index in [-0.39, 0.29) is 18.2 Å². The van der Waals surface area contributed by atoms with Crippen molar-refractivity contribution in [2.45, 2.75) is 13.5 Å². The van der Waals surface area contributed by atoms with Crippen LogP contribution in [0.3, 0.4) is 0 Å². The molecule has 0 bridgehead atoms. The zero-order valence-corrected chi connectivity index (χ0v) is 9.92. The summed E-state index contributed by atoms with van der Waals surface area (Å²) in [7, 11) is 0. The topological polar surface area (TPSA) is 73.1 Å². The highest BCUT2D eigenvalue weighted by Gasteiger charge is 2.08. The van der Waals surface area contributed by atoms with Crippen LogP contribution in [0.15, 0.2) is 18.2 Å². The molecule has 0 spiro atoms. The van der Waals surface area contributed by atoms with Gasteiger partial charge in [0.25, 0.3) is 0 Å². The molecule has 0 aliphatic carbocycles. The van der Waals surface area contributed by atoms with Crippen LogP contribution in [-0.4, -0.2) is 10.2 Å². The number of aromatic nitrogens is 2. The molecule has 7 heteroatoms. The monoisotopic (exact) mass is 254 g/mol. The van der Waals surface area contributed by atoms with E-state index in [9.17, 15) is 4.39 Å². The fourth-order valence-corrected chi connectivity index (χ4v) is 1.80. The predicted molar refractivity (Wildman–Crippen MR) is 63.2 cm³/mol. The average Bonchev–Trinajstić information content (AvgIpc) is 2.79. The van der Waals surface area contributed by atoms with Gasteiger partial charge in [0.2, 0.25) is 5.13 Å². The molecule has 0 saturated carbocycles. The normalized spacial score (nSPS) is 10.3. The number of hydrogen-bond donors (Lipinski definition) is 2. The van der Waals surface area contributed by atoms with Crippen molar-refractivity contribution in [1.29, 1.82) is 0 Å². The van der Waals surface area contributed by atoms with Gasteiger partial charge in [0, 0.05) is 0 Å². The van der Waals surface area contributed by atoms with Gasteiger partial charge < -0.3 is 4.74 Å². The highest BCUT2D eigenvalue weighted by atomic mass is 32.1. The van der Waals surface area contributed by atoms with E-state index in [1.807, 2.05) is 0 Å². The molecular formula is C10H11FN4OS. The second kappa shape index (κ2) is 5.07. The van der Waals surface area contributed by atoms with Gasteiger partial charge in [-0.25, -0.2) is 10.2 Å². The van der Waals surface area contributed by atoms with Crippen LogP contribution >= 0.6 is 11.3 Å². The Morgan fingerprint density at radius 1 is 1.47 bits per heavy atom. The van der Waals surface area contributed by atoms with Crippen molar-refractivity contribution in [2.75, 3.05) is 5.43 Å². The van der Waals surface area contributed by atoms with Crippen molar-refractivity contribution < 1.29 is 9.13 Å². The fourth-order valence-electron chi connectivity index (χ4n) is 1.24. The van der Waals surface area contributed by atoms with Crippen molar-refractivity contribution in [3.8, 4) is 5.75 Å². The Morgan fingerprint density at radius 3 is 3.00 bits per heavy atom. The lowest BCUT2D eigenvalue weighted by Crippen LogP contribution is -2.05. The average molecular weight is 254 g/mol. The Balaban J connectivity index is 2.04. The number of hydrazine groups is 1. The Kier molecular flexibility index (Phi) is 3.50. The van der Waals surface area contributed by atoms with E-state index in [4.69, 9.17) is 10.6 Å². The van der Waals surface area contributed by atoms with E-state index in [0.717, 1.165) is 0 Å². The van der Waals surface area contributed by atoms with E-state index in [1.165, 1.54) is 11.3 Å². The molecule has 1 heterocycles. The molecule has 0 amide bonds. The number of benzene rings is 1. The zero-order chi connectivity index (χ0) is 12.3. The van der Waals surface area contributed by atoms with Gasteiger partial charge in [0.05, 0.1) is 0 Å². The standard InChI is InChI=1S/C10H11FN4OS/c1-6-3-2-4-7(9(6)11)16-5-8-14-15-10(13-12)17-8/h2-4H,5,12H2,1H3,(H,13,15). The number of nitrogens with one attached hydrogen (secondary N) is 1. The number of anilines is 1. The second-order valence-corrected chi connectivity index (χ2v) is 4.38. The third-order valence-corrected chi connectivity index (χ3v) is 2.93. The first-order chi connectivity index (χ1) is 8.20. The molecule has 3 N–H and O–H groups in total. The van der Waals surface area contributed by atoms with Gasteiger partial charge >= 0.3 is 0 Å². The Bertz CT molecular complexity index is 517. The van der Waals surface area contributed by atoms with Gasteiger partial charge in [-0.1, -0.05) is 23.5 Å². The molecule has 1 aromatic heterocycles. The van der Waals surface area contributed by atoms with Crippen LogP contribution in [0.4, 0.5) is 9.52 Å². The first-order valence-corrected chi connectivity index (χ1v) is 5.69. The smallest absolute Gasteiger partial charge is 0.219 e. The van der Waals surface area contributed by atoms with Crippen LogP contribution in [0.5, 0.6) is 5.75 Å². The molecule has 0 atom stereocenters. The van der Waals surface area contributed by atoms with Gasteiger partial charge in [-0.05, 0) is 18.6 Å². The van der Waals surface area contributed by atoms with Crippen molar-refractivity contribution in [3.63, 3.8) is 0 Å². The molecule has 0 aliphatic heterocycles. The summed E-state index contributed by atoms with van der Waals surface area (Å²) in [5.74, 6) is 5.03. The summed E-state index contributed by atoms with van der Waals surface area (Å²) in [4.78, 5) is 0. The summed E-state index contributed by atoms with van der Waals surface area (Å²) < 4.78 is 18.9. The van der Waals surface area contributed by atoms with Crippen LogP contribution in [0.25, 0.3) is 0 Å². The van der Waals surface area contributed by atoms with Crippen LogP contribution in [0.2, 0.25) is 0 Å². The van der Waals surface area contributed by atoms with E-state index in [0.29, 0.717) is 15.7 Å². The van der Waals surface area contributed by atoms with Crippen LogP contribution in [-0.2, 0) is 6.61 Å². The summed E-state index contributed by atoms with van der Waals surface area (Å²) in [6.45, 7) is 1.85. The lowest BCUT2D eigenvalue weighted by molar-refractivity contribution is 0.288. The number of hydrogen-bond acceptors (Lipinski definition) is 6. The number of nitrogen functional groups attached to an aromatic ring is 1. The molecular weight excluding hydrogens is 243 g/mol. The van der Waals surface area contributed by atoms with E-state index in [1.54, 1.807) is 25.1 Å². The molecule has 0 fully saturated rings. The number of nitrogens with zero attached hydrogens (tertiary/aromatic N) is 2. The van der Waals surface area contributed by atoms with E-state index < -0.39 is 0 Å². The molecule has 0 aliphatic rings. The lowest BCUT2D eigenvalue weighted by atomic mass is 10.2. The van der Waals surface area contributed by atoms with E-state index in [2.05, 4.69) is 15.6 Å². The predicted octanol–water partition coefficient (Wildman–Crippen LogP) is 1.85. The zero-order valence-electron chi connectivity index (χ0n) is 9.11. The summed E-state index contributed by atoms with van der Waals surface area (Å²) in [6, 6.07) is 5.00. The Hall–Kier alpha value is -1.73. The number of rotatable bonds is 4. The van der Waals surface area contributed by atoms with Crippen molar-refractivity contribution in [3.05, 3.63) is 34.6 Å². The van der Waals surface area contributed by atoms with Crippen molar-refractivity contribution in [1.82, 2.24) is 10.2 Å². The number of halogens is 1. The van der Waals surface area contributed by atoms with Gasteiger partial charge in [-0.15, -0.1) is 10.2 Å².